The maximum absolute atomic E-state index is 11.5. The molecule has 2 unspecified atom stereocenters. The molecule has 1 saturated heterocycles. The fraction of sp³-hybridized carbons (Fsp3) is 0.562. The minimum Gasteiger partial charge on any atom is -0.491 e. The van der Waals surface area contributed by atoms with E-state index in [4.69, 9.17) is 4.74 Å². The van der Waals surface area contributed by atoms with Gasteiger partial charge in [0.25, 0.3) is 0 Å². The second-order valence-corrected chi connectivity index (χ2v) is 5.61. The Kier molecular flexibility index (Phi) is 4.59. The van der Waals surface area contributed by atoms with Crippen LogP contribution < -0.4 is 4.74 Å². The number of hydrogen-bond acceptors (Lipinski definition) is 3. The van der Waals surface area contributed by atoms with Gasteiger partial charge in [-0.1, -0.05) is 26.0 Å². The standard InChI is InChI=1S/C16H23NO2/c1-12-10-17(11-13(12)2)8-9-19-16-7-5-4-6-15(16)14(3)18/h4-7,12-13H,8-11H2,1-3H3. The molecule has 1 aromatic rings. The van der Waals surface area contributed by atoms with E-state index in [1.807, 2.05) is 24.3 Å². The Labute approximate surface area is 115 Å². The minimum atomic E-state index is 0.0546. The lowest BCUT2D eigenvalue weighted by molar-refractivity contribution is 0.101. The summed E-state index contributed by atoms with van der Waals surface area (Å²) in [6.07, 6.45) is 0. The summed E-state index contributed by atoms with van der Waals surface area (Å²) < 4.78 is 5.77. The fourth-order valence-corrected chi connectivity index (χ4v) is 2.60. The zero-order valence-electron chi connectivity index (χ0n) is 12.1. The van der Waals surface area contributed by atoms with Crippen molar-refractivity contribution in [1.29, 1.82) is 0 Å². The van der Waals surface area contributed by atoms with E-state index >= 15 is 0 Å². The molecule has 1 aliphatic rings. The van der Waals surface area contributed by atoms with Gasteiger partial charge in [-0.05, 0) is 30.9 Å². The second kappa shape index (κ2) is 6.20. The van der Waals surface area contributed by atoms with Gasteiger partial charge in [-0.15, -0.1) is 0 Å². The summed E-state index contributed by atoms with van der Waals surface area (Å²) in [6, 6.07) is 7.46. The lowest BCUT2D eigenvalue weighted by Gasteiger charge is -2.16. The van der Waals surface area contributed by atoms with Crippen molar-refractivity contribution in [3.8, 4) is 5.75 Å². The highest BCUT2D eigenvalue weighted by Crippen LogP contribution is 2.22. The summed E-state index contributed by atoms with van der Waals surface area (Å²) in [5.41, 5.74) is 0.672. The van der Waals surface area contributed by atoms with Gasteiger partial charge in [0.15, 0.2) is 5.78 Å². The van der Waals surface area contributed by atoms with Crippen molar-refractivity contribution in [1.82, 2.24) is 4.90 Å². The van der Waals surface area contributed by atoms with E-state index in [0.717, 1.165) is 31.5 Å². The molecule has 1 aliphatic heterocycles. The Morgan fingerprint density at radius 3 is 2.53 bits per heavy atom. The number of Topliss-reactive ketones (excluding diaryl/α,β-unsaturated/α-hetero) is 1. The minimum absolute atomic E-state index is 0.0546. The van der Waals surface area contributed by atoms with E-state index < -0.39 is 0 Å². The van der Waals surface area contributed by atoms with Crippen LogP contribution in [0.1, 0.15) is 31.1 Å². The molecule has 3 heteroatoms. The second-order valence-electron chi connectivity index (χ2n) is 5.61. The van der Waals surface area contributed by atoms with Crippen molar-refractivity contribution in [3.05, 3.63) is 29.8 Å². The van der Waals surface area contributed by atoms with E-state index in [-0.39, 0.29) is 5.78 Å². The van der Waals surface area contributed by atoms with Crippen LogP contribution in [0.25, 0.3) is 0 Å². The monoisotopic (exact) mass is 261 g/mol. The molecular weight excluding hydrogens is 238 g/mol. The van der Waals surface area contributed by atoms with E-state index in [1.165, 1.54) is 0 Å². The number of carbonyl (C=O) groups is 1. The third kappa shape index (κ3) is 3.57. The first-order chi connectivity index (χ1) is 9.08. The van der Waals surface area contributed by atoms with Gasteiger partial charge in [0.05, 0.1) is 5.56 Å². The van der Waals surface area contributed by atoms with E-state index in [9.17, 15) is 4.79 Å². The molecule has 2 atom stereocenters. The van der Waals surface area contributed by atoms with Gasteiger partial charge >= 0.3 is 0 Å². The Morgan fingerprint density at radius 1 is 1.26 bits per heavy atom. The SMILES string of the molecule is CC(=O)c1ccccc1OCCN1CC(C)C(C)C1. The van der Waals surface area contributed by atoms with Crippen molar-refractivity contribution in [2.45, 2.75) is 20.8 Å². The molecule has 0 radical (unpaired) electrons. The number of rotatable bonds is 5. The van der Waals surface area contributed by atoms with Crippen molar-refractivity contribution in [2.75, 3.05) is 26.2 Å². The van der Waals surface area contributed by atoms with Crippen molar-refractivity contribution in [2.24, 2.45) is 11.8 Å². The summed E-state index contributed by atoms with van der Waals surface area (Å²) in [7, 11) is 0. The van der Waals surface area contributed by atoms with Gasteiger partial charge < -0.3 is 4.74 Å². The van der Waals surface area contributed by atoms with Crippen LogP contribution in [-0.4, -0.2) is 36.9 Å². The number of benzene rings is 1. The lowest BCUT2D eigenvalue weighted by atomic mass is 10.0. The third-order valence-corrected chi connectivity index (χ3v) is 4.00. The quantitative estimate of drug-likeness (QED) is 0.763. The predicted molar refractivity (Wildman–Crippen MR) is 76.7 cm³/mol. The number of likely N-dealkylation sites (tertiary alicyclic amines) is 1. The van der Waals surface area contributed by atoms with Crippen LogP contribution in [0, 0.1) is 11.8 Å². The molecule has 1 fully saturated rings. The summed E-state index contributed by atoms with van der Waals surface area (Å²) >= 11 is 0. The molecule has 2 rings (SSSR count). The summed E-state index contributed by atoms with van der Waals surface area (Å²) in [6.45, 7) is 10.1. The molecule has 0 N–H and O–H groups in total. The number of ether oxygens (including phenoxy) is 1. The molecule has 0 spiro atoms. The first-order valence-corrected chi connectivity index (χ1v) is 7.03. The molecule has 0 aromatic heterocycles. The Balaban J connectivity index is 1.85. The van der Waals surface area contributed by atoms with Crippen LogP contribution in [0.2, 0.25) is 0 Å². The van der Waals surface area contributed by atoms with Crippen molar-refractivity contribution < 1.29 is 9.53 Å². The van der Waals surface area contributed by atoms with E-state index in [0.29, 0.717) is 17.9 Å². The highest BCUT2D eigenvalue weighted by Gasteiger charge is 2.25. The lowest BCUT2D eigenvalue weighted by Crippen LogP contribution is -2.26. The highest BCUT2D eigenvalue weighted by atomic mass is 16.5. The smallest absolute Gasteiger partial charge is 0.163 e. The maximum Gasteiger partial charge on any atom is 0.163 e. The molecule has 104 valence electrons. The molecule has 19 heavy (non-hydrogen) atoms. The van der Waals surface area contributed by atoms with Gasteiger partial charge in [0.2, 0.25) is 0 Å². The van der Waals surface area contributed by atoms with Crippen LogP contribution in [-0.2, 0) is 0 Å². The molecular formula is C16H23NO2. The summed E-state index contributed by atoms with van der Waals surface area (Å²) in [4.78, 5) is 13.9. The van der Waals surface area contributed by atoms with Crippen LogP contribution in [0.5, 0.6) is 5.75 Å². The Bertz CT molecular complexity index is 434. The van der Waals surface area contributed by atoms with Crippen LogP contribution >= 0.6 is 0 Å². The molecule has 1 aromatic carbocycles. The largest absolute Gasteiger partial charge is 0.491 e. The van der Waals surface area contributed by atoms with Gasteiger partial charge in [-0.25, -0.2) is 0 Å². The van der Waals surface area contributed by atoms with Crippen molar-refractivity contribution in [3.63, 3.8) is 0 Å². The average Bonchev–Trinajstić information content (AvgIpc) is 2.69. The van der Waals surface area contributed by atoms with Gasteiger partial charge in [-0.3, -0.25) is 9.69 Å². The normalized spacial score (nSPS) is 23.5. The Morgan fingerprint density at radius 2 is 1.89 bits per heavy atom. The maximum atomic E-state index is 11.5. The third-order valence-electron chi connectivity index (χ3n) is 4.00. The van der Waals surface area contributed by atoms with Crippen LogP contribution in [0.4, 0.5) is 0 Å². The molecule has 0 bridgehead atoms. The topological polar surface area (TPSA) is 29.5 Å². The number of nitrogens with zero attached hydrogens (tertiary/aromatic N) is 1. The highest BCUT2D eigenvalue weighted by molar-refractivity contribution is 5.96. The number of ketones is 1. The fourth-order valence-electron chi connectivity index (χ4n) is 2.60. The van der Waals surface area contributed by atoms with Crippen LogP contribution in [0.3, 0.4) is 0 Å². The molecule has 0 amide bonds. The first kappa shape index (κ1) is 14.1. The summed E-state index contributed by atoms with van der Waals surface area (Å²) in [5, 5.41) is 0. The molecule has 1 heterocycles. The number of hydrogen-bond donors (Lipinski definition) is 0. The van der Waals surface area contributed by atoms with E-state index in [2.05, 4.69) is 18.7 Å². The molecule has 0 aliphatic carbocycles. The summed E-state index contributed by atoms with van der Waals surface area (Å²) in [5.74, 6) is 2.29. The zero-order chi connectivity index (χ0) is 13.8. The predicted octanol–water partition coefficient (Wildman–Crippen LogP) is 2.86. The van der Waals surface area contributed by atoms with Gasteiger partial charge in [0.1, 0.15) is 12.4 Å². The zero-order valence-corrected chi connectivity index (χ0v) is 12.1. The van der Waals surface area contributed by atoms with Crippen molar-refractivity contribution >= 4 is 5.78 Å². The molecule has 3 nitrogen and oxygen atoms in total. The van der Waals surface area contributed by atoms with Crippen LogP contribution in [0.15, 0.2) is 24.3 Å². The molecule has 0 saturated carbocycles. The Hall–Kier alpha value is -1.35. The van der Waals surface area contributed by atoms with Gasteiger partial charge in [-0.2, -0.15) is 0 Å². The number of para-hydroxylation sites is 1. The first-order valence-electron chi connectivity index (χ1n) is 7.03. The number of carbonyl (C=O) groups excluding carboxylic acids is 1. The van der Waals surface area contributed by atoms with Gasteiger partial charge in [0, 0.05) is 19.6 Å². The average molecular weight is 261 g/mol. The van der Waals surface area contributed by atoms with E-state index in [1.54, 1.807) is 6.92 Å².